The molecule has 1 aromatic rings. The van der Waals surface area contributed by atoms with E-state index in [-0.39, 0.29) is 24.0 Å². The highest BCUT2D eigenvalue weighted by atomic mass is 16.5. The normalized spacial score (nSPS) is 18.1. The molecule has 3 aliphatic heterocycles. The summed E-state index contributed by atoms with van der Waals surface area (Å²) in [6.07, 6.45) is 11.2. The third-order valence-corrected chi connectivity index (χ3v) is 6.38. The average molecular weight is 437 g/mol. The Morgan fingerprint density at radius 3 is 2.53 bits per heavy atom. The first kappa shape index (κ1) is 22.0. The minimum Gasteiger partial charge on any atom is -0.490 e. The molecule has 0 bridgehead atoms. The van der Waals surface area contributed by atoms with Gasteiger partial charge in [-0.05, 0) is 54.3 Å². The summed E-state index contributed by atoms with van der Waals surface area (Å²) in [4.78, 5) is 28.8. The highest BCUT2D eigenvalue weighted by Crippen LogP contribution is 2.25. The van der Waals surface area contributed by atoms with Crippen LogP contribution in [0.25, 0.3) is 0 Å². The standard InChI is InChI=1S/C25H32N4O3/c1-3-18(4-2)24(30)28-13-10-23(11-14-28)32-22-7-5-21(6-8-22)27-25(31)29-16-19-9-12-26-15-20(19)17-29/h5-9,12,15-16,18,23,26H,3-4,10-11,13-14,17H2,1-2H3,(H,27,31). The maximum absolute atomic E-state index is 12.6. The maximum Gasteiger partial charge on any atom is 0.326 e. The molecule has 3 heterocycles. The number of likely N-dealkylation sites (tertiary alicyclic amines) is 1. The van der Waals surface area contributed by atoms with Gasteiger partial charge in [0.1, 0.15) is 11.9 Å². The Hall–Kier alpha value is -3.22. The van der Waals surface area contributed by atoms with Crippen molar-refractivity contribution in [1.82, 2.24) is 15.1 Å². The van der Waals surface area contributed by atoms with Gasteiger partial charge < -0.3 is 20.3 Å². The number of nitrogens with one attached hydrogen (secondary N) is 2. The highest BCUT2D eigenvalue weighted by Gasteiger charge is 2.27. The molecule has 2 N–H and O–H groups in total. The summed E-state index contributed by atoms with van der Waals surface area (Å²) >= 11 is 0. The Balaban J connectivity index is 1.25. The molecule has 0 atom stereocenters. The predicted octanol–water partition coefficient (Wildman–Crippen LogP) is 4.22. The lowest BCUT2D eigenvalue weighted by atomic mass is 9.99. The van der Waals surface area contributed by atoms with Crippen molar-refractivity contribution in [1.29, 1.82) is 0 Å². The van der Waals surface area contributed by atoms with Crippen molar-refractivity contribution in [3.05, 3.63) is 60.1 Å². The van der Waals surface area contributed by atoms with Crippen LogP contribution in [0.5, 0.6) is 5.75 Å². The zero-order chi connectivity index (χ0) is 22.5. The second-order valence-electron chi connectivity index (χ2n) is 8.49. The summed E-state index contributed by atoms with van der Waals surface area (Å²) in [5, 5.41) is 5.98. The van der Waals surface area contributed by atoms with Crippen LogP contribution in [0.2, 0.25) is 0 Å². The third kappa shape index (κ3) is 4.98. The number of urea groups is 1. The van der Waals surface area contributed by atoms with Crippen molar-refractivity contribution >= 4 is 17.6 Å². The predicted molar refractivity (Wildman–Crippen MR) is 125 cm³/mol. The summed E-state index contributed by atoms with van der Waals surface area (Å²) in [7, 11) is 0. The number of amides is 3. The number of carbonyl (C=O) groups excluding carboxylic acids is 2. The lowest BCUT2D eigenvalue weighted by Crippen LogP contribution is -2.44. The van der Waals surface area contributed by atoms with Crippen molar-refractivity contribution in [3.8, 4) is 5.75 Å². The van der Waals surface area contributed by atoms with Crippen LogP contribution in [0.3, 0.4) is 0 Å². The van der Waals surface area contributed by atoms with Gasteiger partial charge in [0.2, 0.25) is 5.91 Å². The molecule has 170 valence electrons. The van der Waals surface area contributed by atoms with Crippen LogP contribution in [0.4, 0.5) is 10.5 Å². The Morgan fingerprint density at radius 2 is 1.88 bits per heavy atom. The Morgan fingerprint density at radius 1 is 1.16 bits per heavy atom. The van der Waals surface area contributed by atoms with Gasteiger partial charge in [-0.3, -0.25) is 9.69 Å². The van der Waals surface area contributed by atoms with E-state index >= 15 is 0 Å². The second-order valence-corrected chi connectivity index (χ2v) is 8.49. The van der Waals surface area contributed by atoms with Gasteiger partial charge in [-0.25, -0.2) is 4.79 Å². The van der Waals surface area contributed by atoms with E-state index in [9.17, 15) is 9.59 Å². The Kier molecular flexibility index (Phi) is 6.83. The van der Waals surface area contributed by atoms with E-state index in [1.54, 1.807) is 4.90 Å². The first-order valence-electron chi connectivity index (χ1n) is 11.5. The number of benzene rings is 1. The van der Waals surface area contributed by atoms with E-state index in [4.69, 9.17) is 4.74 Å². The molecule has 7 nitrogen and oxygen atoms in total. The van der Waals surface area contributed by atoms with Gasteiger partial charge in [0.15, 0.2) is 0 Å². The van der Waals surface area contributed by atoms with Gasteiger partial charge in [-0.1, -0.05) is 13.8 Å². The number of nitrogens with zero attached hydrogens (tertiary/aromatic N) is 2. The number of allylic oxidation sites excluding steroid dienone is 1. The van der Waals surface area contributed by atoms with Crippen LogP contribution in [-0.2, 0) is 4.79 Å². The first-order valence-corrected chi connectivity index (χ1v) is 11.5. The van der Waals surface area contributed by atoms with Crippen LogP contribution in [0.1, 0.15) is 39.5 Å². The van der Waals surface area contributed by atoms with Crippen LogP contribution in [0.15, 0.2) is 60.1 Å². The molecule has 3 amide bonds. The summed E-state index contributed by atoms with van der Waals surface area (Å²) in [6, 6.07) is 7.32. The highest BCUT2D eigenvalue weighted by molar-refractivity contribution is 5.91. The lowest BCUT2D eigenvalue weighted by molar-refractivity contribution is -0.137. The number of piperidine rings is 1. The van der Waals surface area contributed by atoms with Gasteiger partial charge in [0.25, 0.3) is 0 Å². The van der Waals surface area contributed by atoms with Crippen LogP contribution < -0.4 is 15.4 Å². The van der Waals surface area contributed by atoms with Crippen molar-refractivity contribution in [2.75, 3.05) is 25.0 Å². The third-order valence-electron chi connectivity index (χ3n) is 6.38. The van der Waals surface area contributed by atoms with Gasteiger partial charge >= 0.3 is 6.03 Å². The van der Waals surface area contributed by atoms with E-state index in [1.165, 1.54) is 0 Å². The van der Waals surface area contributed by atoms with Crippen molar-refractivity contribution in [2.24, 2.45) is 5.92 Å². The molecular formula is C25H32N4O3. The number of dihydropyridines is 1. The minimum absolute atomic E-state index is 0.107. The molecule has 3 aliphatic rings. The van der Waals surface area contributed by atoms with Crippen molar-refractivity contribution < 1.29 is 14.3 Å². The van der Waals surface area contributed by atoms with Gasteiger partial charge in [0, 0.05) is 56.1 Å². The molecule has 1 saturated heterocycles. The van der Waals surface area contributed by atoms with Crippen molar-refractivity contribution in [2.45, 2.75) is 45.6 Å². The molecule has 4 rings (SSSR count). The fourth-order valence-corrected chi connectivity index (χ4v) is 4.36. The summed E-state index contributed by atoms with van der Waals surface area (Å²) in [6.45, 7) is 6.21. The summed E-state index contributed by atoms with van der Waals surface area (Å²) in [5.41, 5.74) is 2.87. The summed E-state index contributed by atoms with van der Waals surface area (Å²) in [5.74, 6) is 1.20. The molecule has 0 saturated carbocycles. The lowest BCUT2D eigenvalue weighted by Gasteiger charge is -2.34. The Bertz CT molecular complexity index is 923. The topological polar surface area (TPSA) is 73.9 Å². The minimum atomic E-state index is -0.163. The molecular weight excluding hydrogens is 404 g/mol. The van der Waals surface area contributed by atoms with E-state index in [1.807, 2.05) is 53.8 Å². The number of ether oxygens (including phenoxy) is 1. The summed E-state index contributed by atoms with van der Waals surface area (Å²) < 4.78 is 6.13. The van der Waals surface area contributed by atoms with Gasteiger partial charge in [-0.2, -0.15) is 0 Å². The number of rotatable bonds is 6. The number of hydrogen-bond acceptors (Lipinski definition) is 4. The van der Waals surface area contributed by atoms with E-state index < -0.39 is 0 Å². The second kappa shape index (κ2) is 9.94. The SMILES string of the molecule is CCC(CC)C(=O)N1CCC(Oc2ccc(NC(=O)N3C=C4C=CNC=C4C3)cc2)CC1. The zero-order valence-corrected chi connectivity index (χ0v) is 18.8. The van der Waals surface area contributed by atoms with Crippen LogP contribution >= 0.6 is 0 Å². The number of carbonyl (C=O) groups is 2. The monoisotopic (exact) mass is 436 g/mol. The number of fused-ring (bicyclic) bond motifs is 1. The Labute approximate surface area is 189 Å². The molecule has 32 heavy (non-hydrogen) atoms. The maximum atomic E-state index is 12.6. The first-order chi connectivity index (χ1) is 15.6. The molecule has 1 fully saturated rings. The molecule has 1 aromatic carbocycles. The van der Waals surface area contributed by atoms with E-state index in [0.29, 0.717) is 6.54 Å². The number of hydrogen-bond donors (Lipinski definition) is 2. The quantitative estimate of drug-likeness (QED) is 0.700. The number of anilines is 1. The average Bonchev–Trinajstić information content (AvgIpc) is 3.26. The molecule has 0 aromatic heterocycles. The van der Waals surface area contributed by atoms with Gasteiger partial charge in [-0.15, -0.1) is 0 Å². The molecule has 0 aliphatic carbocycles. The molecule has 0 radical (unpaired) electrons. The zero-order valence-electron chi connectivity index (χ0n) is 18.8. The van der Waals surface area contributed by atoms with Crippen LogP contribution in [0, 0.1) is 5.92 Å². The van der Waals surface area contributed by atoms with Crippen molar-refractivity contribution in [3.63, 3.8) is 0 Å². The van der Waals surface area contributed by atoms with Crippen LogP contribution in [-0.4, -0.2) is 47.5 Å². The molecule has 0 spiro atoms. The smallest absolute Gasteiger partial charge is 0.326 e. The molecule has 7 heteroatoms. The van der Waals surface area contributed by atoms with E-state index in [0.717, 1.165) is 61.4 Å². The van der Waals surface area contributed by atoms with Gasteiger partial charge in [0.05, 0.1) is 6.54 Å². The largest absolute Gasteiger partial charge is 0.490 e. The molecule has 0 unspecified atom stereocenters. The van der Waals surface area contributed by atoms with E-state index in [2.05, 4.69) is 24.5 Å². The fraction of sp³-hybridized carbons (Fsp3) is 0.440. The fourth-order valence-electron chi connectivity index (χ4n) is 4.36.